The van der Waals surface area contributed by atoms with Gasteiger partial charge in [0.15, 0.2) is 5.82 Å². The molecule has 0 bridgehead atoms. The molecule has 0 spiro atoms. The van der Waals surface area contributed by atoms with Gasteiger partial charge in [-0.2, -0.15) is 5.10 Å². The maximum Gasteiger partial charge on any atom is 0.227 e. The van der Waals surface area contributed by atoms with Crippen LogP contribution in [-0.4, -0.2) is 81.3 Å². The first kappa shape index (κ1) is 27.6. The minimum atomic E-state index is -0.0244. The summed E-state index contributed by atoms with van der Waals surface area (Å²) in [7, 11) is 0. The molecule has 1 unspecified atom stereocenters. The third-order valence-corrected chi connectivity index (χ3v) is 8.93. The van der Waals surface area contributed by atoms with E-state index < -0.39 is 0 Å². The number of nitrogens with one attached hydrogen (secondary N) is 2. The van der Waals surface area contributed by atoms with Crippen LogP contribution in [0, 0.1) is 0 Å². The van der Waals surface area contributed by atoms with Gasteiger partial charge in [0.2, 0.25) is 16.2 Å². The molecule has 0 radical (unpaired) electrons. The second-order valence-electron chi connectivity index (χ2n) is 10.1. The first-order valence-electron chi connectivity index (χ1n) is 13.6. The van der Waals surface area contributed by atoms with Gasteiger partial charge in [-0.05, 0) is 70.5 Å². The predicted octanol–water partition coefficient (Wildman–Crippen LogP) is 4.39. The minimum absolute atomic E-state index is 0.0244. The standard InChI is InChI=1S/C27H36N8O2S2/c1-19(2)37-22-6-3-4-7-23(22)38-21-10-14-34(15-11-21)16-12-25(36)30-27-33-32-26(39-27)29-20-9-17-35(18-20)24-8-5-13-28-31-24/h3-8,13,19-21H,9-12,14-18H2,1-2H3,(H,29,32)(H,30,33,36). The Morgan fingerprint density at radius 3 is 2.69 bits per heavy atom. The lowest BCUT2D eigenvalue weighted by Gasteiger charge is -2.31. The summed E-state index contributed by atoms with van der Waals surface area (Å²) in [6.45, 7) is 8.60. The molecule has 0 aliphatic carbocycles. The van der Waals surface area contributed by atoms with E-state index in [2.05, 4.69) is 72.9 Å². The number of anilines is 3. The van der Waals surface area contributed by atoms with Crippen LogP contribution >= 0.6 is 23.1 Å². The molecule has 208 valence electrons. The zero-order valence-corrected chi connectivity index (χ0v) is 24.1. The number of hydrogen-bond acceptors (Lipinski definition) is 11. The Labute approximate surface area is 237 Å². The largest absolute Gasteiger partial charge is 0.490 e. The van der Waals surface area contributed by atoms with Gasteiger partial charge in [-0.25, -0.2) is 0 Å². The summed E-state index contributed by atoms with van der Waals surface area (Å²) < 4.78 is 5.98. The summed E-state index contributed by atoms with van der Waals surface area (Å²) in [5.74, 6) is 1.83. The van der Waals surface area contributed by atoms with Crippen molar-refractivity contribution in [2.45, 2.75) is 61.8 Å². The summed E-state index contributed by atoms with van der Waals surface area (Å²) >= 11 is 3.29. The molecule has 3 aromatic rings. The van der Waals surface area contributed by atoms with Crippen molar-refractivity contribution in [3.05, 3.63) is 42.6 Å². The number of rotatable bonds is 11. The SMILES string of the molecule is CC(C)Oc1ccccc1SC1CCN(CCC(=O)Nc2nnc(NC3CCN(c4cccnn4)C3)s2)CC1. The van der Waals surface area contributed by atoms with Gasteiger partial charge in [0.25, 0.3) is 0 Å². The monoisotopic (exact) mass is 568 g/mol. The van der Waals surface area contributed by atoms with Crippen molar-refractivity contribution < 1.29 is 9.53 Å². The number of likely N-dealkylation sites (tertiary alicyclic amines) is 1. The van der Waals surface area contributed by atoms with Crippen molar-refractivity contribution >= 4 is 45.1 Å². The molecule has 1 atom stereocenters. The number of nitrogens with zero attached hydrogens (tertiary/aromatic N) is 6. The first-order valence-corrected chi connectivity index (χ1v) is 15.3. The molecule has 39 heavy (non-hydrogen) atoms. The van der Waals surface area contributed by atoms with Crippen LogP contribution in [0.4, 0.5) is 16.1 Å². The average molecular weight is 569 g/mol. The van der Waals surface area contributed by atoms with Gasteiger partial charge in [0.1, 0.15) is 5.75 Å². The first-order chi connectivity index (χ1) is 19.0. The Morgan fingerprint density at radius 2 is 1.90 bits per heavy atom. The molecule has 12 heteroatoms. The lowest BCUT2D eigenvalue weighted by molar-refractivity contribution is -0.116. The maximum absolute atomic E-state index is 12.6. The molecule has 2 aliphatic rings. The highest BCUT2D eigenvalue weighted by atomic mass is 32.2. The van der Waals surface area contributed by atoms with E-state index in [9.17, 15) is 4.79 Å². The zero-order chi connectivity index (χ0) is 27.0. The van der Waals surface area contributed by atoms with Crippen LogP contribution < -0.4 is 20.3 Å². The number of hydrogen-bond donors (Lipinski definition) is 2. The number of piperidine rings is 1. The van der Waals surface area contributed by atoms with Crippen molar-refractivity contribution in [1.29, 1.82) is 0 Å². The second kappa shape index (κ2) is 13.4. The molecule has 2 aromatic heterocycles. The molecule has 2 aliphatic heterocycles. The Bertz CT molecular complexity index is 1200. The molecule has 1 aromatic carbocycles. The normalized spacial score (nSPS) is 18.4. The average Bonchev–Trinajstić information content (AvgIpc) is 3.59. The van der Waals surface area contributed by atoms with E-state index in [4.69, 9.17) is 4.74 Å². The molecule has 1 amide bonds. The van der Waals surface area contributed by atoms with E-state index in [0.717, 1.165) is 68.7 Å². The van der Waals surface area contributed by atoms with E-state index in [-0.39, 0.29) is 18.1 Å². The number of amides is 1. The number of aromatic nitrogens is 4. The van der Waals surface area contributed by atoms with Crippen LogP contribution in [-0.2, 0) is 4.79 Å². The number of carbonyl (C=O) groups is 1. The third-order valence-electron chi connectivity index (χ3n) is 6.76. The molecule has 5 rings (SSSR count). The minimum Gasteiger partial charge on any atom is -0.490 e. The third kappa shape index (κ3) is 8.02. The Kier molecular flexibility index (Phi) is 9.49. The Balaban J connectivity index is 1.00. The van der Waals surface area contributed by atoms with E-state index >= 15 is 0 Å². The highest BCUT2D eigenvalue weighted by molar-refractivity contribution is 8.00. The van der Waals surface area contributed by atoms with Crippen molar-refractivity contribution in [1.82, 2.24) is 25.3 Å². The van der Waals surface area contributed by atoms with Gasteiger partial charge in [0, 0.05) is 48.4 Å². The number of benzene rings is 1. The van der Waals surface area contributed by atoms with E-state index in [1.165, 1.54) is 16.2 Å². The van der Waals surface area contributed by atoms with Gasteiger partial charge in [-0.1, -0.05) is 23.5 Å². The topological polar surface area (TPSA) is 108 Å². The smallest absolute Gasteiger partial charge is 0.227 e. The zero-order valence-electron chi connectivity index (χ0n) is 22.5. The van der Waals surface area contributed by atoms with Crippen LogP contribution in [0.3, 0.4) is 0 Å². The number of para-hydroxylation sites is 1. The van der Waals surface area contributed by atoms with Crippen molar-refractivity contribution in [2.24, 2.45) is 0 Å². The van der Waals surface area contributed by atoms with Crippen LogP contribution in [0.15, 0.2) is 47.5 Å². The van der Waals surface area contributed by atoms with Gasteiger partial charge in [-0.3, -0.25) is 4.79 Å². The van der Waals surface area contributed by atoms with E-state index in [1.807, 2.05) is 30.0 Å². The maximum atomic E-state index is 12.6. The van der Waals surface area contributed by atoms with Gasteiger partial charge >= 0.3 is 0 Å². The van der Waals surface area contributed by atoms with Gasteiger partial charge in [-0.15, -0.1) is 27.1 Å². The molecule has 10 nitrogen and oxygen atoms in total. The molecular formula is C27H36N8O2S2. The van der Waals surface area contributed by atoms with Crippen LogP contribution in [0.2, 0.25) is 0 Å². The second-order valence-corrected chi connectivity index (χ2v) is 12.5. The fraction of sp³-hybridized carbons (Fsp3) is 0.519. The van der Waals surface area contributed by atoms with Crippen molar-refractivity contribution in [3.8, 4) is 5.75 Å². The van der Waals surface area contributed by atoms with Crippen LogP contribution in [0.1, 0.15) is 39.5 Å². The molecule has 4 heterocycles. The molecule has 2 N–H and O–H groups in total. The number of ether oxygens (including phenoxy) is 1. The highest BCUT2D eigenvalue weighted by Gasteiger charge is 2.25. The molecule has 2 fully saturated rings. The van der Waals surface area contributed by atoms with E-state index in [0.29, 0.717) is 16.8 Å². The van der Waals surface area contributed by atoms with Crippen LogP contribution in [0.5, 0.6) is 5.75 Å². The quantitative estimate of drug-likeness (QED) is 0.346. The molecular weight excluding hydrogens is 532 g/mol. The summed E-state index contributed by atoms with van der Waals surface area (Å²) in [6, 6.07) is 12.4. The number of carbonyl (C=O) groups excluding carboxylic acids is 1. The van der Waals surface area contributed by atoms with Crippen molar-refractivity contribution in [3.63, 3.8) is 0 Å². The highest BCUT2D eigenvalue weighted by Crippen LogP contribution is 2.36. The van der Waals surface area contributed by atoms with Crippen molar-refractivity contribution in [2.75, 3.05) is 48.3 Å². The van der Waals surface area contributed by atoms with E-state index in [1.54, 1.807) is 6.20 Å². The summed E-state index contributed by atoms with van der Waals surface area (Å²) in [5.41, 5.74) is 0. The fourth-order valence-corrected chi connectivity index (χ4v) is 6.76. The van der Waals surface area contributed by atoms with Gasteiger partial charge < -0.3 is 25.2 Å². The molecule has 2 saturated heterocycles. The Morgan fingerprint density at radius 1 is 1.08 bits per heavy atom. The number of thioether (sulfide) groups is 1. The van der Waals surface area contributed by atoms with Gasteiger partial charge in [0.05, 0.1) is 6.10 Å². The predicted molar refractivity (Wildman–Crippen MR) is 157 cm³/mol. The lowest BCUT2D eigenvalue weighted by Crippen LogP contribution is -2.36. The molecule has 0 saturated carbocycles. The summed E-state index contributed by atoms with van der Waals surface area (Å²) in [5, 5.41) is 24.7. The Hall–Kier alpha value is -2.96. The summed E-state index contributed by atoms with van der Waals surface area (Å²) in [6.07, 6.45) is 5.47. The summed E-state index contributed by atoms with van der Waals surface area (Å²) in [4.78, 5) is 18.4. The lowest BCUT2D eigenvalue weighted by atomic mass is 10.1. The fourth-order valence-electron chi connectivity index (χ4n) is 4.83. The van der Waals surface area contributed by atoms with Crippen LogP contribution in [0.25, 0.3) is 0 Å².